The van der Waals surface area contributed by atoms with Crippen LogP contribution in [0.15, 0.2) is 0 Å². The molecule has 0 bridgehead atoms. The normalized spacial score (nSPS) is 32.5. The predicted molar refractivity (Wildman–Crippen MR) is 53.4 cm³/mol. The monoisotopic (exact) mass is 183 g/mol. The maximum absolute atomic E-state index is 5.86. The first-order chi connectivity index (χ1) is 6.42. The Morgan fingerprint density at radius 3 is 2.38 bits per heavy atom. The summed E-state index contributed by atoms with van der Waals surface area (Å²) in [6, 6.07) is 0. The molecule has 2 nitrogen and oxygen atoms in total. The zero-order chi connectivity index (χ0) is 9.10. The molecule has 2 aliphatic rings. The van der Waals surface area contributed by atoms with Gasteiger partial charge in [0.05, 0.1) is 0 Å². The van der Waals surface area contributed by atoms with Gasteiger partial charge < -0.3 is 10.5 Å². The summed E-state index contributed by atoms with van der Waals surface area (Å²) in [6.07, 6.45) is 6.84. The van der Waals surface area contributed by atoms with Gasteiger partial charge in [-0.3, -0.25) is 0 Å². The van der Waals surface area contributed by atoms with Crippen LogP contribution in [-0.4, -0.2) is 19.8 Å². The summed E-state index contributed by atoms with van der Waals surface area (Å²) in [6.45, 7) is 2.81. The van der Waals surface area contributed by atoms with E-state index in [1.807, 2.05) is 0 Å². The summed E-state index contributed by atoms with van der Waals surface area (Å²) in [5, 5.41) is 0. The van der Waals surface area contributed by atoms with Crippen LogP contribution in [0.1, 0.15) is 32.1 Å². The van der Waals surface area contributed by atoms with Gasteiger partial charge in [0.2, 0.25) is 0 Å². The van der Waals surface area contributed by atoms with Crippen molar-refractivity contribution in [2.24, 2.45) is 23.5 Å². The fourth-order valence-electron chi connectivity index (χ4n) is 2.74. The maximum Gasteiger partial charge on any atom is 0.0497 e. The van der Waals surface area contributed by atoms with Gasteiger partial charge in [0, 0.05) is 13.2 Å². The van der Waals surface area contributed by atoms with Crippen molar-refractivity contribution in [3.8, 4) is 0 Å². The summed E-state index contributed by atoms with van der Waals surface area (Å²) in [5.41, 5.74) is 5.86. The molecule has 1 aliphatic heterocycles. The van der Waals surface area contributed by atoms with E-state index in [1.54, 1.807) is 0 Å². The molecule has 0 aromatic rings. The molecule has 76 valence electrons. The van der Waals surface area contributed by atoms with Crippen molar-refractivity contribution in [2.75, 3.05) is 19.8 Å². The molecule has 2 heteroatoms. The first-order valence-corrected chi connectivity index (χ1v) is 5.69. The Bertz CT molecular complexity index is 150. The second kappa shape index (κ2) is 4.43. The summed E-state index contributed by atoms with van der Waals surface area (Å²) in [5.74, 6) is 2.45. The lowest BCUT2D eigenvalue weighted by Crippen LogP contribution is -2.37. The molecule has 2 rings (SSSR count). The smallest absolute Gasteiger partial charge is 0.0497 e. The second-order valence-corrected chi connectivity index (χ2v) is 4.57. The van der Waals surface area contributed by atoms with E-state index in [0.29, 0.717) is 0 Å². The van der Waals surface area contributed by atoms with Crippen molar-refractivity contribution < 1.29 is 4.74 Å². The van der Waals surface area contributed by atoms with Gasteiger partial charge in [-0.15, -0.1) is 0 Å². The number of hydrogen-bond acceptors (Lipinski definition) is 2. The maximum atomic E-state index is 5.86. The molecule has 1 aliphatic carbocycles. The Labute approximate surface area is 80.8 Å². The van der Waals surface area contributed by atoms with Gasteiger partial charge in [-0.05, 0) is 37.1 Å². The van der Waals surface area contributed by atoms with Crippen LogP contribution < -0.4 is 5.73 Å². The number of hydrogen-bond donors (Lipinski definition) is 1. The molecule has 2 unspecified atom stereocenters. The molecular weight excluding hydrogens is 162 g/mol. The van der Waals surface area contributed by atoms with Crippen LogP contribution in [0.3, 0.4) is 0 Å². The molecule has 2 N–H and O–H groups in total. The molecule has 2 fully saturated rings. The van der Waals surface area contributed by atoms with E-state index in [-0.39, 0.29) is 0 Å². The largest absolute Gasteiger partial charge is 0.381 e. The van der Waals surface area contributed by atoms with Gasteiger partial charge in [0.15, 0.2) is 0 Å². The van der Waals surface area contributed by atoms with Crippen molar-refractivity contribution in [1.29, 1.82) is 0 Å². The molecule has 0 aromatic heterocycles. The Balaban J connectivity index is 1.86. The van der Waals surface area contributed by atoms with Crippen LogP contribution in [0.4, 0.5) is 0 Å². The highest BCUT2D eigenvalue weighted by Crippen LogP contribution is 2.39. The average molecular weight is 183 g/mol. The third kappa shape index (κ3) is 2.05. The van der Waals surface area contributed by atoms with Crippen LogP contribution >= 0.6 is 0 Å². The van der Waals surface area contributed by atoms with Crippen molar-refractivity contribution in [3.63, 3.8) is 0 Å². The third-order valence-corrected chi connectivity index (χ3v) is 3.83. The Morgan fingerprint density at radius 1 is 1.15 bits per heavy atom. The molecule has 0 amide bonds. The molecule has 0 spiro atoms. The van der Waals surface area contributed by atoms with E-state index in [1.165, 1.54) is 32.1 Å². The second-order valence-electron chi connectivity index (χ2n) is 4.57. The number of rotatable bonds is 3. The van der Waals surface area contributed by atoms with Crippen molar-refractivity contribution in [1.82, 2.24) is 0 Å². The topological polar surface area (TPSA) is 35.2 Å². The van der Waals surface area contributed by atoms with Gasteiger partial charge in [-0.25, -0.2) is 0 Å². The van der Waals surface area contributed by atoms with Crippen LogP contribution in [-0.2, 0) is 4.74 Å². The van der Waals surface area contributed by atoms with Gasteiger partial charge in [0.25, 0.3) is 0 Å². The molecule has 2 atom stereocenters. The van der Waals surface area contributed by atoms with Crippen LogP contribution in [0.2, 0.25) is 0 Å². The average Bonchev–Trinajstić information content (AvgIpc) is 2.12. The summed E-state index contributed by atoms with van der Waals surface area (Å²) in [7, 11) is 0. The molecule has 1 saturated carbocycles. The standard InChI is InChI=1S/C11H21NO/c12-7-11(9-3-1-4-9)10-5-2-6-13-8-10/h9-11H,1-8,12H2. The lowest BCUT2D eigenvalue weighted by atomic mass is 9.69. The minimum Gasteiger partial charge on any atom is -0.381 e. The van der Waals surface area contributed by atoms with E-state index in [9.17, 15) is 0 Å². The van der Waals surface area contributed by atoms with E-state index in [4.69, 9.17) is 10.5 Å². The third-order valence-electron chi connectivity index (χ3n) is 3.83. The van der Waals surface area contributed by atoms with E-state index in [2.05, 4.69) is 0 Å². The van der Waals surface area contributed by atoms with Crippen LogP contribution in [0, 0.1) is 17.8 Å². The fourth-order valence-corrected chi connectivity index (χ4v) is 2.74. The minimum absolute atomic E-state index is 0.758. The quantitative estimate of drug-likeness (QED) is 0.724. The molecule has 13 heavy (non-hydrogen) atoms. The Morgan fingerprint density at radius 2 is 1.92 bits per heavy atom. The fraction of sp³-hybridized carbons (Fsp3) is 1.00. The van der Waals surface area contributed by atoms with E-state index < -0.39 is 0 Å². The summed E-state index contributed by atoms with van der Waals surface area (Å²) < 4.78 is 5.53. The number of nitrogens with two attached hydrogens (primary N) is 1. The van der Waals surface area contributed by atoms with Gasteiger partial charge in [-0.1, -0.05) is 19.3 Å². The van der Waals surface area contributed by atoms with Crippen LogP contribution in [0.25, 0.3) is 0 Å². The summed E-state index contributed by atoms with van der Waals surface area (Å²) in [4.78, 5) is 0. The lowest BCUT2D eigenvalue weighted by Gasteiger charge is -2.39. The highest BCUT2D eigenvalue weighted by atomic mass is 16.5. The highest BCUT2D eigenvalue weighted by molar-refractivity contribution is 4.84. The van der Waals surface area contributed by atoms with Gasteiger partial charge >= 0.3 is 0 Å². The van der Waals surface area contributed by atoms with Crippen LogP contribution in [0.5, 0.6) is 0 Å². The molecule has 1 saturated heterocycles. The van der Waals surface area contributed by atoms with Crippen molar-refractivity contribution >= 4 is 0 Å². The molecule has 0 aromatic carbocycles. The zero-order valence-electron chi connectivity index (χ0n) is 8.37. The minimum atomic E-state index is 0.758. The lowest BCUT2D eigenvalue weighted by molar-refractivity contribution is 0.00689. The van der Waals surface area contributed by atoms with Crippen molar-refractivity contribution in [3.05, 3.63) is 0 Å². The molecule has 0 radical (unpaired) electrons. The van der Waals surface area contributed by atoms with Gasteiger partial charge in [0.1, 0.15) is 0 Å². The Hall–Kier alpha value is -0.0800. The van der Waals surface area contributed by atoms with E-state index in [0.717, 1.165) is 37.5 Å². The first-order valence-electron chi connectivity index (χ1n) is 5.69. The molecule has 1 heterocycles. The first kappa shape index (κ1) is 9.47. The highest BCUT2D eigenvalue weighted by Gasteiger charge is 2.33. The SMILES string of the molecule is NCC(C1CCC1)C1CCCOC1. The van der Waals surface area contributed by atoms with E-state index >= 15 is 0 Å². The Kier molecular flexibility index (Phi) is 3.23. The summed E-state index contributed by atoms with van der Waals surface area (Å²) >= 11 is 0. The number of ether oxygens (including phenoxy) is 1. The predicted octanol–water partition coefficient (Wildman–Crippen LogP) is 1.79. The van der Waals surface area contributed by atoms with Crippen molar-refractivity contribution in [2.45, 2.75) is 32.1 Å². The zero-order valence-corrected chi connectivity index (χ0v) is 8.37. The van der Waals surface area contributed by atoms with Gasteiger partial charge in [-0.2, -0.15) is 0 Å². The molecular formula is C11H21NO.